The van der Waals surface area contributed by atoms with Gasteiger partial charge in [0.1, 0.15) is 0 Å². The van der Waals surface area contributed by atoms with Crippen LogP contribution in [-0.4, -0.2) is 37.0 Å². The van der Waals surface area contributed by atoms with Gasteiger partial charge < -0.3 is 10.2 Å². The van der Waals surface area contributed by atoms with Crippen LogP contribution < -0.4 is 5.32 Å². The van der Waals surface area contributed by atoms with Gasteiger partial charge >= 0.3 is 0 Å². The van der Waals surface area contributed by atoms with Crippen LogP contribution in [0.3, 0.4) is 0 Å². The standard InChI is InChI=1S/C15H28N2O/c1-12-5-3-7-14(9-12)17(2)15(18)10-13-6-4-8-16-11-13/h12-14,16H,3-11H2,1-2H3. The number of hydrogen-bond donors (Lipinski definition) is 1. The van der Waals surface area contributed by atoms with E-state index in [1.54, 1.807) is 0 Å². The number of amides is 1. The van der Waals surface area contributed by atoms with E-state index in [4.69, 9.17) is 0 Å². The largest absolute Gasteiger partial charge is 0.343 e. The smallest absolute Gasteiger partial charge is 0.222 e. The Labute approximate surface area is 111 Å². The van der Waals surface area contributed by atoms with E-state index >= 15 is 0 Å². The molecule has 0 radical (unpaired) electrons. The third kappa shape index (κ3) is 3.71. The molecule has 2 aliphatic rings. The van der Waals surface area contributed by atoms with Crippen LogP contribution in [0, 0.1) is 11.8 Å². The molecule has 0 aromatic heterocycles. The molecule has 0 spiro atoms. The lowest BCUT2D eigenvalue weighted by Gasteiger charge is -2.35. The highest BCUT2D eigenvalue weighted by atomic mass is 16.2. The molecule has 3 nitrogen and oxygen atoms in total. The first-order valence-electron chi connectivity index (χ1n) is 7.63. The Kier molecular flexibility index (Phi) is 5.04. The van der Waals surface area contributed by atoms with Crippen LogP contribution in [0.5, 0.6) is 0 Å². The summed E-state index contributed by atoms with van der Waals surface area (Å²) in [6.07, 6.45) is 8.21. The second-order valence-corrected chi connectivity index (χ2v) is 6.35. The Morgan fingerprint density at radius 2 is 2.11 bits per heavy atom. The van der Waals surface area contributed by atoms with Gasteiger partial charge in [-0.05, 0) is 50.6 Å². The lowest BCUT2D eigenvalue weighted by atomic mass is 9.86. The van der Waals surface area contributed by atoms with Gasteiger partial charge in [0.15, 0.2) is 0 Å². The number of piperidine rings is 1. The van der Waals surface area contributed by atoms with Gasteiger partial charge in [-0.2, -0.15) is 0 Å². The molecule has 1 saturated heterocycles. The first kappa shape index (κ1) is 13.9. The van der Waals surface area contributed by atoms with Gasteiger partial charge in [0, 0.05) is 19.5 Å². The molecule has 104 valence electrons. The van der Waals surface area contributed by atoms with Crippen LogP contribution in [0.25, 0.3) is 0 Å². The first-order valence-corrected chi connectivity index (χ1v) is 7.63. The lowest BCUT2D eigenvalue weighted by molar-refractivity contribution is -0.134. The van der Waals surface area contributed by atoms with Crippen molar-refractivity contribution in [3.8, 4) is 0 Å². The van der Waals surface area contributed by atoms with Crippen LogP contribution in [0.4, 0.5) is 0 Å². The number of rotatable bonds is 3. The Balaban J connectivity index is 1.79. The SMILES string of the molecule is CC1CCCC(N(C)C(=O)CC2CCCNC2)C1. The zero-order chi connectivity index (χ0) is 13.0. The summed E-state index contributed by atoms with van der Waals surface area (Å²) in [4.78, 5) is 14.4. The third-order valence-electron chi connectivity index (χ3n) is 4.71. The summed E-state index contributed by atoms with van der Waals surface area (Å²) < 4.78 is 0. The maximum absolute atomic E-state index is 12.3. The van der Waals surface area contributed by atoms with Crippen molar-refractivity contribution < 1.29 is 4.79 Å². The normalized spacial score (nSPS) is 33.1. The van der Waals surface area contributed by atoms with Gasteiger partial charge in [0.2, 0.25) is 5.91 Å². The topological polar surface area (TPSA) is 32.3 Å². The van der Waals surface area contributed by atoms with Crippen molar-refractivity contribution in [3.63, 3.8) is 0 Å². The van der Waals surface area contributed by atoms with Gasteiger partial charge in [0.25, 0.3) is 0 Å². The average Bonchev–Trinajstić information content (AvgIpc) is 2.39. The van der Waals surface area contributed by atoms with E-state index in [2.05, 4.69) is 12.2 Å². The molecule has 1 amide bonds. The molecule has 0 bridgehead atoms. The van der Waals surface area contributed by atoms with Gasteiger partial charge in [-0.15, -0.1) is 0 Å². The van der Waals surface area contributed by atoms with Crippen molar-refractivity contribution in [3.05, 3.63) is 0 Å². The second kappa shape index (κ2) is 6.55. The number of hydrogen-bond acceptors (Lipinski definition) is 2. The van der Waals surface area contributed by atoms with Crippen molar-refractivity contribution >= 4 is 5.91 Å². The summed E-state index contributed by atoms with van der Waals surface area (Å²) in [5.74, 6) is 1.72. The van der Waals surface area contributed by atoms with Crippen LogP contribution in [0.2, 0.25) is 0 Å². The maximum Gasteiger partial charge on any atom is 0.222 e. The highest BCUT2D eigenvalue weighted by Crippen LogP contribution is 2.27. The van der Waals surface area contributed by atoms with Crippen LogP contribution >= 0.6 is 0 Å². The monoisotopic (exact) mass is 252 g/mol. The van der Waals surface area contributed by atoms with E-state index < -0.39 is 0 Å². The predicted octanol–water partition coefficient (Wildman–Crippen LogP) is 2.41. The van der Waals surface area contributed by atoms with Gasteiger partial charge in [-0.25, -0.2) is 0 Å². The van der Waals surface area contributed by atoms with E-state index in [9.17, 15) is 4.79 Å². The molecule has 1 aliphatic heterocycles. The van der Waals surface area contributed by atoms with Crippen LogP contribution in [0.15, 0.2) is 0 Å². The Bertz CT molecular complexity index is 274. The summed E-state index contributed by atoms with van der Waals surface area (Å²) in [5.41, 5.74) is 0. The summed E-state index contributed by atoms with van der Waals surface area (Å²) in [7, 11) is 2.02. The van der Waals surface area contributed by atoms with E-state index in [0.717, 1.165) is 25.4 Å². The van der Waals surface area contributed by atoms with E-state index in [0.29, 0.717) is 17.9 Å². The molecule has 3 atom stereocenters. The summed E-state index contributed by atoms with van der Waals surface area (Å²) in [5, 5.41) is 3.39. The maximum atomic E-state index is 12.3. The van der Waals surface area contributed by atoms with Crippen molar-refractivity contribution in [1.29, 1.82) is 0 Å². The molecule has 3 unspecified atom stereocenters. The van der Waals surface area contributed by atoms with Gasteiger partial charge in [-0.1, -0.05) is 19.8 Å². The minimum absolute atomic E-state index is 0.364. The molecule has 0 aromatic carbocycles. The summed E-state index contributed by atoms with van der Waals surface area (Å²) in [6, 6.07) is 0.498. The number of nitrogens with one attached hydrogen (secondary N) is 1. The molecule has 1 aliphatic carbocycles. The third-order valence-corrected chi connectivity index (χ3v) is 4.71. The molecule has 2 rings (SSSR count). The Hall–Kier alpha value is -0.570. The van der Waals surface area contributed by atoms with Crippen molar-refractivity contribution in [1.82, 2.24) is 10.2 Å². The molecular weight excluding hydrogens is 224 g/mol. The zero-order valence-corrected chi connectivity index (χ0v) is 12.0. The summed E-state index contributed by atoms with van der Waals surface area (Å²) >= 11 is 0. The van der Waals surface area contributed by atoms with Crippen molar-refractivity contribution in [2.45, 2.75) is 57.9 Å². The van der Waals surface area contributed by atoms with Crippen LogP contribution in [-0.2, 0) is 4.79 Å². The number of carbonyl (C=O) groups is 1. The quantitative estimate of drug-likeness (QED) is 0.836. The molecule has 1 heterocycles. The number of carbonyl (C=O) groups excluding carboxylic acids is 1. The first-order chi connectivity index (χ1) is 8.66. The highest BCUT2D eigenvalue weighted by Gasteiger charge is 2.27. The van der Waals surface area contributed by atoms with Crippen molar-refractivity contribution in [2.24, 2.45) is 11.8 Å². The lowest BCUT2D eigenvalue weighted by Crippen LogP contribution is -2.42. The minimum Gasteiger partial charge on any atom is -0.343 e. The zero-order valence-electron chi connectivity index (χ0n) is 12.0. The summed E-state index contributed by atoms with van der Waals surface area (Å²) in [6.45, 7) is 4.47. The van der Waals surface area contributed by atoms with Crippen molar-refractivity contribution in [2.75, 3.05) is 20.1 Å². The average molecular weight is 252 g/mol. The fourth-order valence-electron chi connectivity index (χ4n) is 3.45. The van der Waals surface area contributed by atoms with Crippen LogP contribution in [0.1, 0.15) is 51.9 Å². The molecular formula is C15H28N2O. The fraction of sp³-hybridized carbons (Fsp3) is 0.933. The molecule has 1 N–H and O–H groups in total. The van der Waals surface area contributed by atoms with Gasteiger partial charge in [0.05, 0.1) is 0 Å². The Morgan fingerprint density at radius 1 is 1.28 bits per heavy atom. The highest BCUT2D eigenvalue weighted by molar-refractivity contribution is 5.76. The predicted molar refractivity (Wildman–Crippen MR) is 74.4 cm³/mol. The number of nitrogens with zero attached hydrogens (tertiary/aromatic N) is 1. The second-order valence-electron chi connectivity index (χ2n) is 6.35. The molecule has 3 heteroatoms. The van der Waals surface area contributed by atoms with E-state index in [1.165, 1.54) is 38.5 Å². The molecule has 0 aromatic rings. The van der Waals surface area contributed by atoms with E-state index in [-0.39, 0.29) is 0 Å². The Morgan fingerprint density at radius 3 is 2.78 bits per heavy atom. The molecule has 1 saturated carbocycles. The molecule has 2 fully saturated rings. The molecule has 18 heavy (non-hydrogen) atoms. The van der Waals surface area contributed by atoms with E-state index in [1.807, 2.05) is 11.9 Å². The fourth-order valence-corrected chi connectivity index (χ4v) is 3.45. The minimum atomic E-state index is 0.364. The van der Waals surface area contributed by atoms with Gasteiger partial charge in [-0.3, -0.25) is 4.79 Å².